The zero-order valence-corrected chi connectivity index (χ0v) is 10.1. The summed E-state index contributed by atoms with van der Waals surface area (Å²) in [6.07, 6.45) is 0. The summed E-state index contributed by atoms with van der Waals surface area (Å²) in [6, 6.07) is 0. The van der Waals surface area contributed by atoms with Crippen LogP contribution in [0.25, 0.3) is 0 Å². The summed E-state index contributed by atoms with van der Waals surface area (Å²) in [6.45, 7) is 5.57. The fraction of sp³-hybridized carbons (Fsp3) is 0.300. The predicted octanol–water partition coefficient (Wildman–Crippen LogP) is 2.04. The second-order valence-corrected chi connectivity index (χ2v) is 4.58. The lowest BCUT2D eigenvalue weighted by molar-refractivity contribution is 0.102. The van der Waals surface area contributed by atoms with Crippen LogP contribution in [0.1, 0.15) is 26.9 Å². The van der Waals surface area contributed by atoms with Crippen LogP contribution >= 0.6 is 11.3 Å². The first-order valence-corrected chi connectivity index (χ1v) is 5.71. The third kappa shape index (κ3) is 1.96. The van der Waals surface area contributed by atoms with Gasteiger partial charge in [0.1, 0.15) is 5.69 Å². The average Bonchev–Trinajstić information content (AvgIpc) is 2.79. The first-order valence-electron chi connectivity index (χ1n) is 4.83. The van der Waals surface area contributed by atoms with Crippen molar-refractivity contribution >= 4 is 22.9 Å². The summed E-state index contributed by atoms with van der Waals surface area (Å²) < 4.78 is 0. The molecule has 16 heavy (non-hydrogen) atoms. The van der Waals surface area contributed by atoms with Crippen molar-refractivity contribution in [2.75, 3.05) is 5.32 Å². The molecule has 6 heteroatoms. The Hall–Kier alpha value is -1.69. The molecule has 0 radical (unpaired) electrons. The van der Waals surface area contributed by atoms with Crippen molar-refractivity contribution in [2.24, 2.45) is 0 Å². The first kappa shape index (κ1) is 10.8. The summed E-state index contributed by atoms with van der Waals surface area (Å²) in [4.78, 5) is 15.9. The normalized spacial score (nSPS) is 10.4. The van der Waals surface area contributed by atoms with Crippen LogP contribution in [0.2, 0.25) is 0 Å². The van der Waals surface area contributed by atoms with Crippen LogP contribution < -0.4 is 5.32 Å². The van der Waals surface area contributed by atoms with Crippen LogP contribution in [0, 0.1) is 20.8 Å². The molecule has 2 aromatic heterocycles. The highest BCUT2D eigenvalue weighted by Gasteiger charge is 2.13. The molecule has 1 amide bonds. The molecule has 2 aromatic rings. The summed E-state index contributed by atoms with van der Waals surface area (Å²) in [5.74, 6) is -0.197. The standard InChI is InChI=1S/C10H12N4OS/c1-5-9(6(2)14-13-5)12-10(15)8-4-16-7(3)11-8/h4H,1-3H3,(H,12,15)(H,13,14). The molecular formula is C10H12N4OS. The second-order valence-electron chi connectivity index (χ2n) is 3.51. The maximum atomic E-state index is 11.8. The lowest BCUT2D eigenvalue weighted by atomic mass is 10.3. The summed E-state index contributed by atoms with van der Waals surface area (Å²) in [5, 5.41) is 12.3. The molecule has 2 heterocycles. The predicted molar refractivity (Wildman–Crippen MR) is 62.9 cm³/mol. The Bertz CT molecular complexity index is 509. The van der Waals surface area contributed by atoms with Crippen molar-refractivity contribution in [2.45, 2.75) is 20.8 Å². The molecule has 0 bridgehead atoms. The Balaban J connectivity index is 2.20. The summed E-state index contributed by atoms with van der Waals surface area (Å²) in [7, 11) is 0. The van der Waals surface area contributed by atoms with Crippen molar-refractivity contribution in [3.63, 3.8) is 0 Å². The number of nitrogens with one attached hydrogen (secondary N) is 2. The van der Waals surface area contributed by atoms with Crippen molar-refractivity contribution < 1.29 is 4.79 Å². The van der Waals surface area contributed by atoms with E-state index in [4.69, 9.17) is 0 Å². The molecule has 0 saturated heterocycles. The number of aryl methyl sites for hydroxylation is 3. The van der Waals surface area contributed by atoms with Crippen LogP contribution in [0.4, 0.5) is 5.69 Å². The van der Waals surface area contributed by atoms with Gasteiger partial charge in [0, 0.05) is 5.38 Å². The number of aromatic nitrogens is 3. The Kier molecular flexibility index (Phi) is 2.74. The molecule has 0 saturated carbocycles. The van der Waals surface area contributed by atoms with Gasteiger partial charge in [-0.2, -0.15) is 5.10 Å². The number of nitrogens with zero attached hydrogens (tertiary/aromatic N) is 2. The number of carbonyl (C=O) groups excluding carboxylic acids is 1. The second kappa shape index (κ2) is 4.05. The Morgan fingerprint density at radius 2 is 2.19 bits per heavy atom. The van der Waals surface area contributed by atoms with Gasteiger partial charge in [0.15, 0.2) is 0 Å². The number of rotatable bonds is 2. The van der Waals surface area contributed by atoms with Crippen LogP contribution in [0.15, 0.2) is 5.38 Å². The van der Waals surface area contributed by atoms with Gasteiger partial charge in [-0.1, -0.05) is 0 Å². The van der Waals surface area contributed by atoms with Gasteiger partial charge in [0.25, 0.3) is 5.91 Å². The summed E-state index contributed by atoms with van der Waals surface area (Å²) >= 11 is 1.46. The molecule has 0 fully saturated rings. The van der Waals surface area contributed by atoms with Crippen molar-refractivity contribution in [3.05, 3.63) is 27.5 Å². The molecule has 84 valence electrons. The number of thiazole rings is 1. The fourth-order valence-corrected chi connectivity index (χ4v) is 1.97. The molecule has 0 aliphatic rings. The highest BCUT2D eigenvalue weighted by atomic mass is 32.1. The molecule has 0 unspecified atom stereocenters. The topological polar surface area (TPSA) is 70.7 Å². The molecule has 0 spiro atoms. The number of anilines is 1. The molecule has 0 aromatic carbocycles. The molecule has 0 aliphatic carbocycles. The van der Waals surface area contributed by atoms with Gasteiger partial charge in [0.2, 0.25) is 0 Å². The third-order valence-electron chi connectivity index (χ3n) is 2.22. The van der Waals surface area contributed by atoms with Gasteiger partial charge in [-0.15, -0.1) is 11.3 Å². The van der Waals surface area contributed by atoms with E-state index in [1.807, 2.05) is 20.8 Å². The number of H-pyrrole nitrogens is 1. The highest BCUT2D eigenvalue weighted by Crippen LogP contribution is 2.17. The number of aromatic amines is 1. The molecular weight excluding hydrogens is 224 g/mol. The van der Waals surface area contributed by atoms with Crippen LogP contribution in [0.3, 0.4) is 0 Å². The maximum absolute atomic E-state index is 11.8. The van der Waals surface area contributed by atoms with E-state index in [2.05, 4.69) is 20.5 Å². The van der Waals surface area contributed by atoms with Crippen LogP contribution in [-0.2, 0) is 0 Å². The zero-order valence-electron chi connectivity index (χ0n) is 9.29. The SMILES string of the molecule is Cc1nc(C(=O)Nc2c(C)n[nH]c2C)cs1. The van der Waals surface area contributed by atoms with Crippen LogP contribution in [0.5, 0.6) is 0 Å². The van der Waals surface area contributed by atoms with E-state index in [1.54, 1.807) is 5.38 Å². The van der Waals surface area contributed by atoms with Crippen LogP contribution in [-0.4, -0.2) is 21.1 Å². The van der Waals surface area contributed by atoms with Gasteiger partial charge in [-0.05, 0) is 20.8 Å². The molecule has 2 N–H and O–H groups in total. The van der Waals surface area contributed by atoms with Gasteiger partial charge in [-0.25, -0.2) is 4.98 Å². The number of hydrogen-bond donors (Lipinski definition) is 2. The molecule has 2 rings (SSSR count). The van der Waals surface area contributed by atoms with Crippen molar-refractivity contribution in [1.29, 1.82) is 0 Å². The smallest absolute Gasteiger partial charge is 0.275 e. The highest BCUT2D eigenvalue weighted by molar-refractivity contribution is 7.09. The number of carbonyl (C=O) groups is 1. The van der Waals surface area contributed by atoms with E-state index in [-0.39, 0.29) is 5.91 Å². The van der Waals surface area contributed by atoms with Gasteiger partial charge < -0.3 is 5.32 Å². The van der Waals surface area contributed by atoms with E-state index in [9.17, 15) is 4.79 Å². The van der Waals surface area contributed by atoms with Gasteiger partial charge in [-0.3, -0.25) is 9.89 Å². The monoisotopic (exact) mass is 236 g/mol. The third-order valence-corrected chi connectivity index (χ3v) is 2.99. The fourth-order valence-electron chi connectivity index (χ4n) is 1.38. The number of amides is 1. The lowest BCUT2D eigenvalue weighted by Gasteiger charge is -2.02. The van der Waals surface area contributed by atoms with Crippen molar-refractivity contribution in [3.8, 4) is 0 Å². The van der Waals surface area contributed by atoms with E-state index in [0.29, 0.717) is 5.69 Å². The molecule has 5 nitrogen and oxygen atoms in total. The minimum absolute atomic E-state index is 0.197. The first-order chi connectivity index (χ1) is 7.58. The van der Waals surface area contributed by atoms with E-state index in [0.717, 1.165) is 22.1 Å². The Morgan fingerprint density at radius 1 is 1.44 bits per heavy atom. The Morgan fingerprint density at radius 3 is 2.69 bits per heavy atom. The minimum atomic E-state index is -0.197. The molecule has 0 atom stereocenters. The zero-order chi connectivity index (χ0) is 11.7. The van der Waals surface area contributed by atoms with E-state index >= 15 is 0 Å². The van der Waals surface area contributed by atoms with Gasteiger partial charge >= 0.3 is 0 Å². The summed E-state index contributed by atoms with van der Waals surface area (Å²) in [5.41, 5.74) is 2.80. The maximum Gasteiger partial charge on any atom is 0.275 e. The Labute approximate surface area is 96.9 Å². The largest absolute Gasteiger partial charge is 0.317 e. The van der Waals surface area contributed by atoms with Crippen molar-refractivity contribution in [1.82, 2.24) is 15.2 Å². The van der Waals surface area contributed by atoms with E-state index in [1.165, 1.54) is 11.3 Å². The van der Waals surface area contributed by atoms with Gasteiger partial charge in [0.05, 0.1) is 22.1 Å². The molecule has 0 aliphatic heterocycles. The average molecular weight is 236 g/mol. The quantitative estimate of drug-likeness (QED) is 0.838. The minimum Gasteiger partial charge on any atom is -0.317 e. The van der Waals surface area contributed by atoms with E-state index < -0.39 is 0 Å². The lowest BCUT2D eigenvalue weighted by Crippen LogP contribution is -2.13. The number of hydrogen-bond acceptors (Lipinski definition) is 4.